The monoisotopic (exact) mass is 240 g/mol. The molecule has 1 N–H and O–H groups in total. The molecule has 0 atom stereocenters. The number of carbonyl (C=O) groups excluding carboxylic acids is 1. The number of terminal acetylenes is 1. The van der Waals surface area contributed by atoms with Crippen LogP contribution in [0.15, 0.2) is 24.3 Å². The van der Waals surface area contributed by atoms with Crippen molar-refractivity contribution in [2.45, 2.75) is 32.2 Å². The molecule has 0 heterocycles. The highest BCUT2D eigenvalue weighted by molar-refractivity contribution is 5.95. The third kappa shape index (κ3) is 2.90. The largest absolute Gasteiger partial charge is 0.336 e. The van der Waals surface area contributed by atoms with E-state index in [-0.39, 0.29) is 5.91 Å². The first kappa shape index (κ1) is 13.8. The van der Waals surface area contributed by atoms with Crippen LogP contribution in [0.3, 0.4) is 0 Å². The summed E-state index contributed by atoms with van der Waals surface area (Å²) in [5, 5.41) is 11.7. The Morgan fingerprint density at radius 1 is 1.44 bits per heavy atom. The van der Waals surface area contributed by atoms with E-state index in [9.17, 15) is 4.79 Å². The predicted molar refractivity (Wildman–Crippen MR) is 70.8 cm³/mol. The lowest BCUT2D eigenvalue weighted by Gasteiger charge is -2.27. The molecule has 92 valence electrons. The van der Waals surface area contributed by atoms with Crippen molar-refractivity contribution in [1.82, 2.24) is 5.32 Å². The molecule has 0 fully saturated rings. The molecule has 1 rings (SSSR count). The number of nitrogens with one attached hydrogen (secondary N) is 1. The molecule has 0 unspecified atom stereocenters. The Hall–Kier alpha value is -2.26. The molecule has 1 aromatic carbocycles. The second-order valence-corrected chi connectivity index (χ2v) is 4.08. The Morgan fingerprint density at radius 2 is 2.11 bits per heavy atom. The minimum absolute atomic E-state index is 0.242. The second kappa shape index (κ2) is 5.89. The Labute approximate surface area is 108 Å². The van der Waals surface area contributed by atoms with Crippen molar-refractivity contribution in [1.29, 1.82) is 5.26 Å². The van der Waals surface area contributed by atoms with Crippen LogP contribution in [0.5, 0.6) is 0 Å². The average molecular weight is 240 g/mol. The number of hydrogen-bond donors (Lipinski definition) is 1. The maximum absolute atomic E-state index is 12.1. The first-order chi connectivity index (χ1) is 8.60. The molecule has 3 nitrogen and oxygen atoms in total. The molecule has 0 bridgehead atoms. The lowest BCUT2D eigenvalue weighted by atomic mass is 9.93. The van der Waals surface area contributed by atoms with E-state index in [4.69, 9.17) is 11.7 Å². The summed E-state index contributed by atoms with van der Waals surface area (Å²) in [6.45, 7) is 3.88. The van der Waals surface area contributed by atoms with Gasteiger partial charge in [0.15, 0.2) is 0 Å². The summed E-state index contributed by atoms with van der Waals surface area (Å²) in [5.41, 5.74) is 0.303. The SMILES string of the molecule is C#CC(CC)(CC)NC(=O)c1cccc(C#N)c1. The summed E-state index contributed by atoms with van der Waals surface area (Å²) >= 11 is 0. The van der Waals surface area contributed by atoms with Crippen LogP contribution in [-0.2, 0) is 0 Å². The van der Waals surface area contributed by atoms with E-state index in [0.717, 1.165) is 0 Å². The van der Waals surface area contributed by atoms with Crippen LogP contribution in [0.25, 0.3) is 0 Å². The van der Waals surface area contributed by atoms with Crippen LogP contribution < -0.4 is 5.32 Å². The molecule has 0 aromatic heterocycles. The van der Waals surface area contributed by atoms with Crippen molar-refractivity contribution in [3.05, 3.63) is 35.4 Å². The van der Waals surface area contributed by atoms with Gasteiger partial charge in [0, 0.05) is 5.56 Å². The fourth-order valence-electron chi connectivity index (χ4n) is 1.69. The third-order valence-electron chi connectivity index (χ3n) is 3.09. The zero-order chi connectivity index (χ0) is 13.6. The van der Waals surface area contributed by atoms with E-state index in [1.54, 1.807) is 24.3 Å². The Morgan fingerprint density at radius 3 is 2.61 bits per heavy atom. The molecule has 0 radical (unpaired) electrons. The van der Waals surface area contributed by atoms with Gasteiger partial charge in [-0.2, -0.15) is 5.26 Å². The predicted octanol–water partition coefficient (Wildman–Crippen LogP) is 2.48. The van der Waals surface area contributed by atoms with Crippen molar-refractivity contribution >= 4 is 5.91 Å². The van der Waals surface area contributed by atoms with Gasteiger partial charge < -0.3 is 5.32 Å². The van der Waals surface area contributed by atoms with Gasteiger partial charge in [-0.15, -0.1) is 6.42 Å². The minimum Gasteiger partial charge on any atom is -0.336 e. The summed E-state index contributed by atoms with van der Waals surface area (Å²) in [4.78, 5) is 12.1. The van der Waals surface area contributed by atoms with Crippen molar-refractivity contribution < 1.29 is 4.79 Å². The van der Waals surface area contributed by atoms with Crippen molar-refractivity contribution in [3.8, 4) is 18.4 Å². The molecule has 3 heteroatoms. The first-order valence-corrected chi connectivity index (χ1v) is 5.91. The van der Waals surface area contributed by atoms with Gasteiger partial charge in [-0.25, -0.2) is 0 Å². The van der Waals surface area contributed by atoms with E-state index in [1.165, 1.54) is 0 Å². The molecular formula is C15H16N2O. The molecule has 0 saturated carbocycles. The summed E-state index contributed by atoms with van der Waals surface area (Å²) in [7, 11) is 0. The third-order valence-corrected chi connectivity index (χ3v) is 3.09. The number of benzene rings is 1. The lowest BCUT2D eigenvalue weighted by molar-refractivity contribution is 0.0916. The normalized spacial score (nSPS) is 10.2. The maximum Gasteiger partial charge on any atom is 0.252 e. The topological polar surface area (TPSA) is 52.9 Å². The lowest BCUT2D eigenvalue weighted by Crippen LogP contribution is -2.46. The van der Waals surface area contributed by atoms with Gasteiger partial charge in [0.25, 0.3) is 5.91 Å². The van der Waals surface area contributed by atoms with E-state index < -0.39 is 5.54 Å². The van der Waals surface area contributed by atoms with E-state index in [2.05, 4.69) is 11.2 Å². The number of nitriles is 1. The highest BCUT2D eigenvalue weighted by Gasteiger charge is 2.25. The molecule has 1 aromatic rings. The molecule has 0 aliphatic rings. The highest BCUT2D eigenvalue weighted by Crippen LogP contribution is 2.15. The number of amides is 1. The molecular weight excluding hydrogens is 224 g/mol. The molecule has 0 aliphatic heterocycles. The van der Waals surface area contributed by atoms with Crippen LogP contribution >= 0.6 is 0 Å². The van der Waals surface area contributed by atoms with E-state index >= 15 is 0 Å². The van der Waals surface area contributed by atoms with Gasteiger partial charge >= 0.3 is 0 Å². The van der Waals surface area contributed by atoms with E-state index in [1.807, 2.05) is 19.9 Å². The van der Waals surface area contributed by atoms with Crippen LogP contribution in [0, 0.1) is 23.7 Å². The van der Waals surface area contributed by atoms with Crippen LogP contribution in [-0.4, -0.2) is 11.4 Å². The zero-order valence-corrected chi connectivity index (χ0v) is 10.7. The number of hydrogen-bond acceptors (Lipinski definition) is 2. The Kier molecular flexibility index (Phi) is 4.52. The summed E-state index contributed by atoms with van der Waals surface area (Å²) in [6, 6.07) is 8.57. The molecule has 0 aliphatic carbocycles. The van der Waals surface area contributed by atoms with E-state index in [0.29, 0.717) is 24.0 Å². The van der Waals surface area contributed by atoms with Gasteiger partial charge in [0.05, 0.1) is 11.6 Å². The number of carbonyl (C=O) groups is 1. The fraction of sp³-hybridized carbons (Fsp3) is 0.333. The quantitative estimate of drug-likeness (QED) is 0.822. The molecule has 18 heavy (non-hydrogen) atoms. The maximum atomic E-state index is 12.1. The van der Waals surface area contributed by atoms with Crippen LogP contribution in [0.2, 0.25) is 0 Å². The summed E-state index contributed by atoms with van der Waals surface area (Å²) in [5.74, 6) is 2.41. The van der Waals surface area contributed by atoms with Crippen LogP contribution in [0.4, 0.5) is 0 Å². The van der Waals surface area contributed by atoms with Crippen molar-refractivity contribution in [2.24, 2.45) is 0 Å². The minimum atomic E-state index is -0.611. The molecule has 1 amide bonds. The van der Waals surface area contributed by atoms with Gasteiger partial charge in [0.2, 0.25) is 0 Å². The zero-order valence-electron chi connectivity index (χ0n) is 10.7. The Balaban J connectivity index is 2.95. The summed E-state index contributed by atoms with van der Waals surface area (Å²) < 4.78 is 0. The van der Waals surface area contributed by atoms with Crippen LogP contribution in [0.1, 0.15) is 42.6 Å². The van der Waals surface area contributed by atoms with Gasteiger partial charge in [-0.1, -0.05) is 25.8 Å². The smallest absolute Gasteiger partial charge is 0.252 e. The fourth-order valence-corrected chi connectivity index (χ4v) is 1.69. The standard InChI is InChI=1S/C15H16N2O/c1-4-15(5-2,6-3)17-14(18)13-9-7-8-12(10-13)11-16/h1,7-10H,5-6H2,2-3H3,(H,17,18). The second-order valence-electron chi connectivity index (χ2n) is 4.08. The Bertz CT molecular complexity index is 516. The molecule has 0 saturated heterocycles. The molecule has 0 spiro atoms. The number of rotatable bonds is 4. The summed E-state index contributed by atoms with van der Waals surface area (Å²) in [6.07, 6.45) is 6.83. The average Bonchev–Trinajstić information content (AvgIpc) is 2.44. The number of nitrogens with zero attached hydrogens (tertiary/aromatic N) is 1. The highest BCUT2D eigenvalue weighted by atomic mass is 16.1. The van der Waals surface area contributed by atoms with Gasteiger partial charge in [0.1, 0.15) is 5.54 Å². The van der Waals surface area contributed by atoms with Gasteiger partial charge in [-0.3, -0.25) is 4.79 Å². The van der Waals surface area contributed by atoms with Crippen molar-refractivity contribution in [2.75, 3.05) is 0 Å². The van der Waals surface area contributed by atoms with Gasteiger partial charge in [-0.05, 0) is 31.0 Å². The first-order valence-electron chi connectivity index (χ1n) is 5.91. The van der Waals surface area contributed by atoms with Crippen molar-refractivity contribution in [3.63, 3.8) is 0 Å².